The van der Waals surface area contributed by atoms with E-state index in [2.05, 4.69) is 15.0 Å². The van der Waals surface area contributed by atoms with E-state index in [4.69, 9.17) is 19.9 Å². The number of hydrogen-bond donors (Lipinski definition) is 2. The Labute approximate surface area is 236 Å². The Morgan fingerprint density at radius 1 is 0.951 bits per heavy atom. The van der Waals surface area contributed by atoms with Crippen LogP contribution >= 0.6 is 0 Å². The molecule has 9 nitrogen and oxygen atoms in total. The lowest BCUT2D eigenvalue weighted by atomic mass is 9.79. The number of aryl methyl sites for hydroxylation is 1. The molecule has 0 spiro atoms. The topological polar surface area (TPSA) is 118 Å². The van der Waals surface area contributed by atoms with Crippen molar-refractivity contribution < 1.29 is 23.7 Å². The Morgan fingerprint density at radius 3 is 2.29 bits per heavy atom. The van der Waals surface area contributed by atoms with E-state index in [1.807, 2.05) is 85.8 Å². The molecule has 0 saturated carbocycles. The molecule has 0 bridgehead atoms. The second kappa shape index (κ2) is 10.9. The number of aliphatic hydroxyl groups is 1. The lowest BCUT2D eigenvalue weighted by Crippen LogP contribution is -2.38. The summed E-state index contributed by atoms with van der Waals surface area (Å²) in [6, 6.07) is 25.4. The number of imidazole rings is 1. The molecule has 0 amide bonds. The number of nitrogen functional groups attached to an aromatic ring is 1. The molecule has 1 fully saturated rings. The normalized spacial score (nSPS) is 22.0. The number of methoxy groups -OCH3 is 1. The number of aliphatic hydroxyl groups excluding tert-OH is 1. The standard InChI is InChI=1S/C31H30FN5O4/c1-19-8-10-21(11-9-19)31(20-6-4-3-5-7-20,22-12-14-23(39-2)15-13-22)40-16-24-25(32)27(38)30(41-24)37-18-36-26-28(33)34-17-35-29(26)37/h3-15,17-18,24-25,27,30,38H,16H2,1-2H3,(H2,33,34,35)/t24-,25-,27-,30-,31?/m1/s1. The highest BCUT2D eigenvalue weighted by Crippen LogP contribution is 2.43. The Hall–Kier alpha value is -4.38. The fourth-order valence-electron chi connectivity index (χ4n) is 5.37. The van der Waals surface area contributed by atoms with Crippen LogP contribution in [0.4, 0.5) is 10.2 Å². The molecule has 10 heteroatoms. The summed E-state index contributed by atoms with van der Waals surface area (Å²) in [5.41, 5.74) is 9.12. The highest BCUT2D eigenvalue weighted by Gasteiger charge is 2.48. The zero-order chi connectivity index (χ0) is 28.6. The van der Waals surface area contributed by atoms with Gasteiger partial charge in [-0.25, -0.2) is 19.3 Å². The van der Waals surface area contributed by atoms with Gasteiger partial charge in [-0.1, -0.05) is 72.3 Å². The fraction of sp³-hybridized carbons (Fsp3) is 0.258. The SMILES string of the molecule is COc1ccc(C(OC[C@H]2O[C@@H](n3cnc4c(N)ncnc43)[C@H](O)[C@@H]2F)(c2ccccc2)c2ccc(C)cc2)cc1. The van der Waals surface area contributed by atoms with Crippen molar-refractivity contribution >= 4 is 17.0 Å². The van der Waals surface area contributed by atoms with Crippen LogP contribution < -0.4 is 10.5 Å². The minimum absolute atomic E-state index is 0.159. The zero-order valence-electron chi connectivity index (χ0n) is 22.6. The number of halogens is 1. The number of alkyl halides is 1. The molecule has 1 aliphatic heterocycles. The van der Waals surface area contributed by atoms with Gasteiger partial charge in [-0.15, -0.1) is 0 Å². The third-order valence-electron chi connectivity index (χ3n) is 7.55. The molecule has 1 unspecified atom stereocenters. The van der Waals surface area contributed by atoms with Crippen molar-refractivity contribution in [1.29, 1.82) is 0 Å². The molecule has 3 aromatic carbocycles. The quantitative estimate of drug-likeness (QED) is 0.272. The minimum atomic E-state index is -1.74. The van der Waals surface area contributed by atoms with Gasteiger partial charge in [0.25, 0.3) is 0 Å². The number of aromatic nitrogens is 4. The molecule has 6 rings (SSSR count). The van der Waals surface area contributed by atoms with Gasteiger partial charge in [-0.2, -0.15) is 0 Å². The van der Waals surface area contributed by atoms with Gasteiger partial charge in [-0.3, -0.25) is 4.57 Å². The molecular formula is C31H30FN5O4. The molecule has 210 valence electrons. The number of hydrogen-bond acceptors (Lipinski definition) is 8. The number of nitrogens with zero attached hydrogens (tertiary/aromatic N) is 4. The lowest BCUT2D eigenvalue weighted by Gasteiger charge is -2.37. The van der Waals surface area contributed by atoms with E-state index in [1.54, 1.807) is 7.11 Å². The summed E-state index contributed by atoms with van der Waals surface area (Å²) >= 11 is 0. The summed E-state index contributed by atoms with van der Waals surface area (Å²) in [7, 11) is 1.61. The highest BCUT2D eigenvalue weighted by molar-refractivity contribution is 5.81. The molecule has 2 aromatic heterocycles. The van der Waals surface area contributed by atoms with Crippen LogP contribution in [0, 0.1) is 6.92 Å². The van der Waals surface area contributed by atoms with Crippen molar-refractivity contribution in [2.45, 2.75) is 37.1 Å². The maximum Gasteiger partial charge on any atom is 0.167 e. The summed E-state index contributed by atoms with van der Waals surface area (Å²) in [6.45, 7) is 1.86. The number of rotatable bonds is 8. The first-order chi connectivity index (χ1) is 19.9. The predicted octanol–water partition coefficient (Wildman–Crippen LogP) is 4.33. The number of anilines is 1. The molecule has 5 atom stereocenters. The first-order valence-corrected chi connectivity index (χ1v) is 13.2. The van der Waals surface area contributed by atoms with Crippen LogP contribution in [0.25, 0.3) is 11.2 Å². The molecule has 5 aromatic rings. The lowest BCUT2D eigenvalue weighted by molar-refractivity contribution is -0.0893. The van der Waals surface area contributed by atoms with Crippen molar-refractivity contribution in [3.05, 3.63) is 114 Å². The Kier molecular flexibility index (Phi) is 7.12. The van der Waals surface area contributed by atoms with Crippen LogP contribution in [-0.4, -0.2) is 56.7 Å². The highest BCUT2D eigenvalue weighted by atomic mass is 19.1. The molecule has 3 heterocycles. The van der Waals surface area contributed by atoms with E-state index >= 15 is 4.39 Å². The Balaban J connectivity index is 1.38. The third kappa shape index (κ3) is 4.69. The summed E-state index contributed by atoms with van der Waals surface area (Å²) in [4.78, 5) is 12.4. The largest absolute Gasteiger partial charge is 0.497 e. The molecular weight excluding hydrogens is 525 g/mol. The smallest absolute Gasteiger partial charge is 0.167 e. The maximum atomic E-state index is 15.7. The second-order valence-corrected chi connectivity index (χ2v) is 10.0. The van der Waals surface area contributed by atoms with Crippen LogP contribution in [0.15, 0.2) is 91.5 Å². The van der Waals surface area contributed by atoms with E-state index in [0.717, 1.165) is 22.3 Å². The number of benzene rings is 3. The van der Waals surface area contributed by atoms with E-state index < -0.39 is 30.2 Å². The summed E-state index contributed by atoms with van der Waals surface area (Å²) in [5, 5.41) is 10.9. The number of nitrogens with two attached hydrogens (primary N) is 1. The summed E-state index contributed by atoms with van der Waals surface area (Å²) in [5.74, 6) is 0.883. The Bertz CT molecular complexity index is 1630. The van der Waals surface area contributed by atoms with Crippen molar-refractivity contribution in [1.82, 2.24) is 19.5 Å². The first kappa shape index (κ1) is 26.8. The molecule has 41 heavy (non-hydrogen) atoms. The van der Waals surface area contributed by atoms with Gasteiger partial charge in [0.2, 0.25) is 0 Å². The molecule has 0 aliphatic carbocycles. The second-order valence-electron chi connectivity index (χ2n) is 10.0. The number of fused-ring (bicyclic) bond motifs is 1. The van der Waals surface area contributed by atoms with Gasteiger partial charge in [0, 0.05) is 0 Å². The molecule has 1 saturated heterocycles. The van der Waals surface area contributed by atoms with Gasteiger partial charge < -0.3 is 25.1 Å². The van der Waals surface area contributed by atoms with Crippen LogP contribution in [-0.2, 0) is 15.1 Å². The van der Waals surface area contributed by atoms with E-state index in [1.165, 1.54) is 17.2 Å². The van der Waals surface area contributed by atoms with Crippen LogP contribution in [0.2, 0.25) is 0 Å². The Morgan fingerprint density at radius 2 is 1.61 bits per heavy atom. The van der Waals surface area contributed by atoms with Crippen molar-refractivity contribution in [3.63, 3.8) is 0 Å². The van der Waals surface area contributed by atoms with Gasteiger partial charge in [-0.05, 0) is 35.7 Å². The molecule has 0 radical (unpaired) electrons. The maximum absolute atomic E-state index is 15.7. The van der Waals surface area contributed by atoms with E-state index in [0.29, 0.717) is 16.9 Å². The van der Waals surface area contributed by atoms with Crippen molar-refractivity contribution in [2.75, 3.05) is 19.5 Å². The summed E-state index contributed by atoms with van der Waals surface area (Å²) in [6.07, 6.45) is -2.68. The molecule has 1 aliphatic rings. The fourth-order valence-corrected chi connectivity index (χ4v) is 5.37. The van der Waals surface area contributed by atoms with Crippen LogP contribution in [0.3, 0.4) is 0 Å². The minimum Gasteiger partial charge on any atom is -0.497 e. The monoisotopic (exact) mass is 555 g/mol. The average molecular weight is 556 g/mol. The summed E-state index contributed by atoms with van der Waals surface area (Å²) < 4.78 is 35.4. The van der Waals surface area contributed by atoms with Gasteiger partial charge in [0.05, 0.1) is 20.0 Å². The van der Waals surface area contributed by atoms with Crippen LogP contribution in [0.5, 0.6) is 5.75 Å². The first-order valence-electron chi connectivity index (χ1n) is 13.2. The third-order valence-corrected chi connectivity index (χ3v) is 7.55. The van der Waals surface area contributed by atoms with Crippen molar-refractivity contribution in [2.24, 2.45) is 0 Å². The van der Waals surface area contributed by atoms with Gasteiger partial charge >= 0.3 is 0 Å². The van der Waals surface area contributed by atoms with Crippen molar-refractivity contribution in [3.8, 4) is 5.75 Å². The predicted molar refractivity (Wildman–Crippen MR) is 151 cm³/mol. The van der Waals surface area contributed by atoms with Gasteiger partial charge in [0.1, 0.15) is 35.4 Å². The zero-order valence-corrected chi connectivity index (χ0v) is 22.6. The van der Waals surface area contributed by atoms with Gasteiger partial charge in [0.15, 0.2) is 23.9 Å². The van der Waals surface area contributed by atoms with Crippen LogP contribution in [0.1, 0.15) is 28.5 Å². The number of ether oxygens (including phenoxy) is 3. The van der Waals surface area contributed by atoms with E-state index in [9.17, 15) is 5.11 Å². The molecule has 3 N–H and O–H groups in total. The van der Waals surface area contributed by atoms with E-state index in [-0.39, 0.29) is 12.4 Å². The average Bonchev–Trinajstić information content (AvgIpc) is 3.56.